The predicted molar refractivity (Wildman–Crippen MR) is 23.2 cm³/mol. The van der Waals surface area contributed by atoms with Crippen molar-refractivity contribution in [2.45, 2.75) is 0 Å². The first-order valence-electron chi connectivity index (χ1n) is 0. The molecular weight excluding hydrogens is 305 g/mol. The molecule has 0 aromatic carbocycles. The Morgan fingerprint density at radius 1 is 1.00 bits per heavy atom. The van der Waals surface area contributed by atoms with Crippen LogP contribution in [0, 0.1) is 0 Å². The Morgan fingerprint density at radius 3 is 1.00 bits per heavy atom. The Balaban J connectivity index is 0. The van der Waals surface area contributed by atoms with Gasteiger partial charge in [-0.3, -0.25) is 0 Å². The number of rotatable bonds is 0. The third-order valence-corrected chi connectivity index (χ3v) is 0. The molecule has 0 aliphatic carbocycles. The Kier molecular flexibility index (Phi) is 191. The van der Waals surface area contributed by atoms with Crippen molar-refractivity contribution in [2.24, 2.45) is 0 Å². The van der Waals surface area contributed by atoms with Gasteiger partial charge in [-0.25, -0.2) is 0 Å². The fourth-order valence-corrected chi connectivity index (χ4v) is 0. The second-order valence-electron chi connectivity index (χ2n) is 0. The van der Waals surface area contributed by atoms with E-state index in [-0.39, 0.29) is 133 Å². The molecule has 0 saturated heterocycles. The fourth-order valence-electron chi connectivity index (χ4n) is 0. The minimum Gasteiger partial charge on any atom is -1.00 e. The summed E-state index contributed by atoms with van der Waals surface area (Å²) in [5, 5.41) is 0. The molecule has 0 aromatic heterocycles. The van der Waals surface area contributed by atoms with Gasteiger partial charge in [0.15, 0.2) is 0 Å². The molecule has 0 saturated carbocycles. The van der Waals surface area contributed by atoms with E-state index in [1.165, 1.54) is 0 Å². The molecule has 5 heteroatoms. The van der Waals surface area contributed by atoms with Crippen molar-refractivity contribution in [1.29, 1.82) is 0 Å². The fraction of sp³-hybridized carbons (Fsp3) is 0. The Morgan fingerprint density at radius 2 is 1.00 bits per heavy atom. The number of hydrogen-bond donors (Lipinski definition) is 0. The minimum absolute atomic E-state index is 0. The van der Waals surface area contributed by atoms with Crippen molar-refractivity contribution >= 4 is 94.4 Å². The van der Waals surface area contributed by atoms with Crippen LogP contribution in [0.15, 0.2) is 0 Å². The molecule has 0 atom stereocenters. The summed E-state index contributed by atoms with van der Waals surface area (Å²) in [6.07, 6.45) is 0. The predicted octanol–water partition coefficient (Wildman–Crippen LogP) is -1.96. The van der Waals surface area contributed by atoms with Gasteiger partial charge in [0, 0.05) is 21.7 Å². The second kappa shape index (κ2) is 25.3. The molecule has 0 heterocycles. The first kappa shape index (κ1) is 37.8. The molecular formula is H8BaO2SrTi. The van der Waals surface area contributed by atoms with E-state index in [2.05, 4.69) is 0 Å². The average Bonchev–Trinajstić information content (AvgIpc) is 0. The van der Waals surface area contributed by atoms with Gasteiger partial charge in [0.05, 0.1) is 0 Å². The zero-order valence-corrected chi connectivity index (χ0v) is 12.4. The third-order valence-electron chi connectivity index (χ3n) is 0. The van der Waals surface area contributed by atoms with Crippen LogP contribution in [0.4, 0.5) is 0 Å². The van der Waals surface area contributed by atoms with Crippen LogP contribution in [0.5, 0.6) is 0 Å². The molecule has 0 spiro atoms. The zero-order valence-electron chi connectivity index (χ0n) is 6.91. The van der Waals surface area contributed by atoms with Crippen molar-refractivity contribution < 1.29 is 38.4 Å². The molecule has 0 amide bonds. The summed E-state index contributed by atoms with van der Waals surface area (Å²) in [4.78, 5) is 0. The van der Waals surface area contributed by atoms with Gasteiger partial charge in [-0.15, -0.1) is 0 Å². The van der Waals surface area contributed by atoms with Gasteiger partial charge in [-0.2, -0.15) is 0 Å². The molecule has 0 aliphatic heterocycles. The normalized spacial score (nSPS) is 0. The van der Waals surface area contributed by atoms with Gasteiger partial charge in [0.1, 0.15) is 0 Å². The van der Waals surface area contributed by atoms with E-state index in [0.717, 1.165) is 0 Å². The average molecular weight is 313 g/mol. The standard InChI is InChI=1S/Ba.2H2O.Sr.Ti.4H/h;2*1H2;;;;;;/q+2;;;+2;;4*-1. The summed E-state index contributed by atoms with van der Waals surface area (Å²) in [7, 11) is 0. The van der Waals surface area contributed by atoms with Crippen LogP contribution in [-0.4, -0.2) is 105 Å². The quantitative estimate of drug-likeness (QED) is 0.466. The second-order valence-corrected chi connectivity index (χ2v) is 0. The van der Waals surface area contributed by atoms with Crippen LogP contribution in [0.25, 0.3) is 0 Å². The van der Waals surface area contributed by atoms with E-state index in [0.29, 0.717) is 0 Å². The van der Waals surface area contributed by atoms with Crippen LogP contribution >= 0.6 is 0 Å². The molecule has 0 aromatic rings. The largest absolute Gasteiger partial charge is 2.00 e. The maximum Gasteiger partial charge on any atom is 2.00 e. The van der Waals surface area contributed by atoms with E-state index in [4.69, 9.17) is 0 Å². The van der Waals surface area contributed by atoms with E-state index in [9.17, 15) is 0 Å². The SMILES string of the molecule is O.O.[Ba+2].[H-].[H-].[H-].[H-].[Sr+2].[Ti]. The molecule has 0 bridgehead atoms. The van der Waals surface area contributed by atoms with Gasteiger partial charge >= 0.3 is 94.4 Å². The topological polar surface area (TPSA) is 63.0 Å². The summed E-state index contributed by atoms with van der Waals surface area (Å²) >= 11 is 0. The van der Waals surface area contributed by atoms with Crippen molar-refractivity contribution in [3.63, 3.8) is 0 Å². The Hall–Kier alpha value is 3.69. The molecule has 0 unspecified atom stereocenters. The van der Waals surface area contributed by atoms with Crippen LogP contribution in [0.2, 0.25) is 0 Å². The molecule has 2 nitrogen and oxygen atoms in total. The van der Waals surface area contributed by atoms with Crippen molar-refractivity contribution in [3.8, 4) is 0 Å². The van der Waals surface area contributed by atoms with E-state index < -0.39 is 0 Å². The van der Waals surface area contributed by atoms with Crippen LogP contribution in [0.3, 0.4) is 0 Å². The van der Waals surface area contributed by atoms with E-state index in [1.807, 2.05) is 0 Å². The minimum atomic E-state index is 0. The monoisotopic (exact) mass is 314 g/mol. The van der Waals surface area contributed by atoms with Gasteiger partial charge < -0.3 is 16.7 Å². The molecule has 0 rings (SSSR count). The molecule has 0 aliphatic rings. The van der Waals surface area contributed by atoms with Crippen LogP contribution in [0.1, 0.15) is 5.71 Å². The maximum atomic E-state index is 0. The van der Waals surface area contributed by atoms with Gasteiger partial charge in [0.25, 0.3) is 0 Å². The third kappa shape index (κ3) is 18.3. The van der Waals surface area contributed by atoms with Gasteiger partial charge in [0.2, 0.25) is 0 Å². The maximum absolute atomic E-state index is 0. The summed E-state index contributed by atoms with van der Waals surface area (Å²) in [5.74, 6) is 0. The first-order valence-corrected chi connectivity index (χ1v) is 0. The van der Waals surface area contributed by atoms with Crippen LogP contribution < -0.4 is 0 Å². The summed E-state index contributed by atoms with van der Waals surface area (Å²) in [6.45, 7) is 0. The van der Waals surface area contributed by atoms with Gasteiger partial charge in [-0.1, -0.05) is 0 Å². The molecule has 5 heavy (non-hydrogen) atoms. The van der Waals surface area contributed by atoms with Crippen molar-refractivity contribution in [3.05, 3.63) is 0 Å². The summed E-state index contributed by atoms with van der Waals surface area (Å²) in [5.41, 5.74) is 0. The molecule has 4 N–H and O–H groups in total. The van der Waals surface area contributed by atoms with E-state index >= 15 is 0 Å². The molecule has 0 fully saturated rings. The van der Waals surface area contributed by atoms with Gasteiger partial charge in [-0.05, 0) is 0 Å². The first-order chi connectivity index (χ1) is 0. The van der Waals surface area contributed by atoms with Crippen LogP contribution in [-0.2, 0) is 21.7 Å². The molecule has 0 radical (unpaired) electrons. The molecule has 28 valence electrons. The van der Waals surface area contributed by atoms with Crippen molar-refractivity contribution in [1.82, 2.24) is 0 Å². The zero-order chi connectivity index (χ0) is 0. The number of hydrogen-bond acceptors (Lipinski definition) is 0. The Labute approximate surface area is 129 Å². The summed E-state index contributed by atoms with van der Waals surface area (Å²) in [6, 6.07) is 0. The Bertz CT molecular complexity index is 18.5. The summed E-state index contributed by atoms with van der Waals surface area (Å²) < 4.78 is 0. The smallest absolute Gasteiger partial charge is 1.00 e. The van der Waals surface area contributed by atoms with Crippen molar-refractivity contribution in [2.75, 3.05) is 0 Å². The van der Waals surface area contributed by atoms with E-state index in [1.54, 1.807) is 0 Å².